The summed E-state index contributed by atoms with van der Waals surface area (Å²) in [5.41, 5.74) is 1.71. The van der Waals surface area contributed by atoms with Crippen molar-refractivity contribution in [2.45, 2.75) is 19.5 Å². The van der Waals surface area contributed by atoms with Gasteiger partial charge in [0.25, 0.3) is 11.7 Å². The number of Topliss-reactive ketones (excluding diaryl/α,β-unsaturated/α-hetero) is 1. The first kappa shape index (κ1) is 23.3. The van der Waals surface area contributed by atoms with Crippen molar-refractivity contribution in [1.29, 1.82) is 0 Å². The number of rotatable bonds is 7. The van der Waals surface area contributed by atoms with E-state index >= 15 is 0 Å². The fourth-order valence-electron chi connectivity index (χ4n) is 3.97. The quantitative estimate of drug-likeness (QED) is 0.299. The zero-order valence-corrected chi connectivity index (χ0v) is 19.5. The summed E-state index contributed by atoms with van der Waals surface area (Å²) in [5, 5.41) is 11.6. The Labute approximate surface area is 202 Å². The molecule has 4 rings (SSSR count). The zero-order valence-electron chi connectivity index (χ0n) is 18.7. The van der Waals surface area contributed by atoms with Crippen LogP contribution >= 0.6 is 11.6 Å². The largest absolute Gasteiger partial charge is 0.507 e. The number of ether oxygens (including phenoxy) is 2. The highest BCUT2D eigenvalue weighted by atomic mass is 35.5. The van der Waals surface area contributed by atoms with Crippen LogP contribution in [0.2, 0.25) is 5.02 Å². The SMILES string of the molecule is CCOc1ccc([C@H]2C(=C(O)c3ccc(Cl)cc3)C(=O)C(=O)N2Cc2cccnc2)cc1OC. The highest BCUT2D eigenvalue weighted by Gasteiger charge is 2.46. The molecule has 2 heterocycles. The van der Waals surface area contributed by atoms with E-state index in [-0.39, 0.29) is 17.9 Å². The topological polar surface area (TPSA) is 89.0 Å². The summed E-state index contributed by atoms with van der Waals surface area (Å²) in [6.07, 6.45) is 3.27. The first-order chi connectivity index (χ1) is 16.4. The Morgan fingerprint density at radius 1 is 1.12 bits per heavy atom. The lowest BCUT2D eigenvalue weighted by molar-refractivity contribution is -0.140. The lowest BCUT2D eigenvalue weighted by Crippen LogP contribution is -2.29. The molecule has 0 saturated carbocycles. The number of hydrogen-bond acceptors (Lipinski definition) is 6. The van der Waals surface area contributed by atoms with Crippen LogP contribution in [0, 0.1) is 0 Å². The molecule has 1 N–H and O–H groups in total. The van der Waals surface area contributed by atoms with Gasteiger partial charge in [-0.1, -0.05) is 23.7 Å². The molecule has 174 valence electrons. The number of halogens is 1. The van der Waals surface area contributed by atoms with Gasteiger partial charge in [0.1, 0.15) is 5.76 Å². The van der Waals surface area contributed by atoms with Crippen LogP contribution in [-0.4, -0.2) is 40.4 Å². The maximum absolute atomic E-state index is 13.2. The smallest absolute Gasteiger partial charge is 0.295 e. The van der Waals surface area contributed by atoms with Crippen molar-refractivity contribution in [2.75, 3.05) is 13.7 Å². The Morgan fingerprint density at radius 2 is 1.88 bits per heavy atom. The molecule has 1 saturated heterocycles. The second-order valence-electron chi connectivity index (χ2n) is 7.64. The molecule has 7 nitrogen and oxygen atoms in total. The third-order valence-electron chi connectivity index (χ3n) is 5.54. The Morgan fingerprint density at radius 3 is 2.53 bits per heavy atom. The molecule has 1 fully saturated rings. The number of amides is 1. The van der Waals surface area contributed by atoms with Crippen LogP contribution in [0.1, 0.15) is 29.7 Å². The number of pyridine rings is 1. The normalized spacial score (nSPS) is 17.1. The molecule has 34 heavy (non-hydrogen) atoms. The Kier molecular flexibility index (Phi) is 6.84. The van der Waals surface area contributed by atoms with Crippen LogP contribution in [-0.2, 0) is 16.1 Å². The van der Waals surface area contributed by atoms with E-state index in [9.17, 15) is 14.7 Å². The average Bonchev–Trinajstić information content (AvgIpc) is 3.10. The number of carbonyl (C=O) groups is 2. The van der Waals surface area contributed by atoms with Crippen molar-refractivity contribution < 1.29 is 24.2 Å². The van der Waals surface area contributed by atoms with Crippen molar-refractivity contribution in [3.8, 4) is 11.5 Å². The average molecular weight is 479 g/mol. The van der Waals surface area contributed by atoms with Gasteiger partial charge in [0.05, 0.1) is 25.3 Å². The minimum Gasteiger partial charge on any atom is -0.507 e. The van der Waals surface area contributed by atoms with Gasteiger partial charge in [0.2, 0.25) is 0 Å². The van der Waals surface area contributed by atoms with E-state index in [1.807, 2.05) is 13.0 Å². The maximum Gasteiger partial charge on any atom is 0.295 e. The molecule has 0 unspecified atom stereocenters. The van der Waals surface area contributed by atoms with Crippen molar-refractivity contribution in [3.05, 3.63) is 94.3 Å². The summed E-state index contributed by atoms with van der Waals surface area (Å²) in [7, 11) is 1.52. The van der Waals surface area contributed by atoms with Crippen LogP contribution in [0.15, 0.2) is 72.6 Å². The number of methoxy groups -OCH3 is 1. The molecule has 0 spiro atoms. The molecule has 0 bridgehead atoms. The molecule has 1 aliphatic rings. The number of benzene rings is 2. The van der Waals surface area contributed by atoms with Crippen LogP contribution in [0.3, 0.4) is 0 Å². The summed E-state index contributed by atoms with van der Waals surface area (Å²) in [6.45, 7) is 2.45. The van der Waals surface area contributed by atoms with Crippen molar-refractivity contribution in [2.24, 2.45) is 0 Å². The third-order valence-corrected chi connectivity index (χ3v) is 5.79. The predicted molar refractivity (Wildman–Crippen MR) is 128 cm³/mol. The number of hydrogen-bond donors (Lipinski definition) is 1. The summed E-state index contributed by atoms with van der Waals surface area (Å²) in [5.74, 6) is -0.763. The first-order valence-electron chi connectivity index (χ1n) is 10.7. The van der Waals surface area contributed by atoms with Crippen molar-refractivity contribution in [3.63, 3.8) is 0 Å². The van der Waals surface area contributed by atoms with E-state index in [2.05, 4.69) is 4.98 Å². The van der Waals surface area contributed by atoms with Crippen LogP contribution in [0.4, 0.5) is 0 Å². The molecular weight excluding hydrogens is 456 g/mol. The van der Waals surface area contributed by atoms with Gasteiger partial charge < -0.3 is 19.5 Å². The van der Waals surface area contributed by atoms with Gasteiger partial charge in [0.15, 0.2) is 11.5 Å². The maximum atomic E-state index is 13.2. The highest BCUT2D eigenvalue weighted by Crippen LogP contribution is 2.42. The van der Waals surface area contributed by atoms with Gasteiger partial charge in [-0.3, -0.25) is 14.6 Å². The summed E-state index contributed by atoms with van der Waals surface area (Å²) >= 11 is 5.98. The minimum atomic E-state index is -0.847. The molecule has 0 radical (unpaired) electrons. The van der Waals surface area contributed by atoms with E-state index in [0.29, 0.717) is 34.3 Å². The monoisotopic (exact) mass is 478 g/mol. The van der Waals surface area contributed by atoms with Gasteiger partial charge in [0, 0.05) is 29.5 Å². The standard InChI is InChI=1S/C26H23ClN2O5/c1-3-34-20-11-8-18(13-21(20)33-2)23-22(24(30)17-6-9-19(27)10-7-17)25(31)26(32)29(23)15-16-5-4-12-28-14-16/h4-14,23,30H,3,15H2,1-2H3/t23-/m0/s1. The van der Waals surface area contributed by atoms with E-state index in [1.54, 1.807) is 60.9 Å². The van der Waals surface area contributed by atoms with Gasteiger partial charge in [-0.05, 0) is 60.5 Å². The number of aliphatic hydroxyl groups excluding tert-OH is 1. The van der Waals surface area contributed by atoms with Gasteiger partial charge >= 0.3 is 0 Å². The fraction of sp³-hybridized carbons (Fsp3) is 0.192. The zero-order chi connectivity index (χ0) is 24.2. The van der Waals surface area contributed by atoms with Gasteiger partial charge in [-0.25, -0.2) is 0 Å². The van der Waals surface area contributed by atoms with E-state index in [4.69, 9.17) is 21.1 Å². The number of ketones is 1. The molecule has 1 aromatic heterocycles. The fourth-order valence-corrected chi connectivity index (χ4v) is 4.10. The summed E-state index contributed by atoms with van der Waals surface area (Å²) < 4.78 is 11.1. The van der Waals surface area contributed by atoms with Crippen LogP contribution in [0.25, 0.3) is 5.76 Å². The third kappa shape index (κ3) is 4.47. The molecule has 1 atom stereocenters. The molecule has 8 heteroatoms. The van der Waals surface area contributed by atoms with Gasteiger partial charge in [-0.15, -0.1) is 0 Å². The lowest BCUT2D eigenvalue weighted by atomic mass is 9.95. The van der Waals surface area contributed by atoms with Crippen molar-refractivity contribution in [1.82, 2.24) is 9.88 Å². The van der Waals surface area contributed by atoms with E-state index in [0.717, 1.165) is 5.56 Å². The second-order valence-corrected chi connectivity index (χ2v) is 8.07. The Hall–Kier alpha value is -3.84. The summed E-state index contributed by atoms with van der Waals surface area (Å²) in [4.78, 5) is 31.9. The second kappa shape index (κ2) is 9.97. The molecule has 2 aromatic carbocycles. The van der Waals surface area contributed by atoms with Crippen molar-refractivity contribution >= 4 is 29.1 Å². The number of carbonyl (C=O) groups excluding carboxylic acids is 2. The Balaban J connectivity index is 1.88. The number of nitrogens with zero attached hydrogens (tertiary/aromatic N) is 2. The van der Waals surface area contributed by atoms with Crippen LogP contribution < -0.4 is 9.47 Å². The molecule has 3 aromatic rings. The van der Waals surface area contributed by atoms with E-state index < -0.39 is 17.7 Å². The number of aromatic nitrogens is 1. The summed E-state index contributed by atoms with van der Waals surface area (Å²) in [6, 6.07) is 14.3. The number of likely N-dealkylation sites (tertiary alicyclic amines) is 1. The molecule has 1 amide bonds. The predicted octanol–water partition coefficient (Wildman–Crippen LogP) is 4.76. The molecule has 0 aliphatic carbocycles. The molecule has 1 aliphatic heterocycles. The van der Waals surface area contributed by atoms with Gasteiger partial charge in [-0.2, -0.15) is 0 Å². The first-order valence-corrected chi connectivity index (χ1v) is 11.1. The van der Waals surface area contributed by atoms with Crippen LogP contribution in [0.5, 0.6) is 11.5 Å². The van der Waals surface area contributed by atoms with E-state index in [1.165, 1.54) is 12.0 Å². The molecular formula is C26H23ClN2O5. The lowest BCUT2D eigenvalue weighted by Gasteiger charge is -2.26. The number of aliphatic hydroxyl groups is 1. The Bertz CT molecular complexity index is 1240. The minimum absolute atomic E-state index is 0.0116. The highest BCUT2D eigenvalue weighted by molar-refractivity contribution is 6.46.